The molecule has 3 rings (SSSR count). The van der Waals surface area contributed by atoms with Crippen molar-refractivity contribution in [2.24, 2.45) is 5.92 Å². The average molecular weight is 292 g/mol. The van der Waals surface area contributed by atoms with Crippen LogP contribution in [0.1, 0.15) is 28.1 Å². The number of nitrogens with one attached hydrogen (secondary N) is 1. The molecule has 0 unspecified atom stereocenters. The Morgan fingerprint density at radius 2 is 2.21 bits per heavy atom. The number of carbonyl (C=O) groups excluding carboxylic acids is 1. The fourth-order valence-electron chi connectivity index (χ4n) is 1.98. The molecule has 1 fully saturated rings. The maximum Gasteiger partial charge on any atom is 0.205 e. The molecule has 2 aromatic rings. The van der Waals surface area contributed by atoms with Gasteiger partial charge in [-0.1, -0.05) is 17.7 Å². The van der Waals surface area contributed by atoms with Gasteiger partial charge in [0.1, 0.15) is 0 Å². The molecule has 1 N–H and O–H groups in total. The van der Waals surface area contributed by atoms with Crippen LogP contribution in [-0.2, 0) is 0 Å². The van der Waals surface area contributed by atoms with Gasteiger partial charge in [0.05, 0.1) is 4.88 Å². The highest BCUT2D eigenvalue weighted by Crippen LogP contribution is 2.31. The normalized spacial score (nSPS) is 14.4. The van der Waals surface area contributed by atoms with E-state index in [4.69, 9.17) is 11.6 Å². The van der Waals surface area contributed by atoms with Crippen LogP contribution in [0, 0.1) is 5.92 Å². The summed E-state index contributed by atoms with van der Waals surface area (Å²) in [6.45, 7) is 0.937. The highest BCUT2D eigenvalue weighted by molar-refractivity contribution is 7.12. The summed E-state index contributed by atoms with van der Waals surface area (Å²) in [7, 11) is 0. The van der Waals surface area contributed by atoms with Crippen LogP contribution in [-0.4, -0.2) is 12.3 Å². The minimum Gasteiger partial charge on any atom is -0.384 e. The molecule has 0 spiro atoms. The van der Waals surface area contributed by atoms with Crippen molar-refractivity contribution in [3.05, 3.63) is 51.2 Å². The Labute approximate surface area is 121 Å². The topological polar surface area (TPSA) is 29.1 Å². The molecule has 0 atom stereocenters. The highest BCUT2D eigenvalue weighted by atomic mass is 35.5. The maximum absolute atomic E-state index is 12.5. The number of hydrogen-bond acceptors (Lipinski definition) is 3. The molecule has 0 aliphatic heterocycles. The number of ketones is 1. The zero-order chi connectivity index (χ0) is 13.2. The van der Waals surface area contributed by atoms with Gasteiger partial charge in [0.2, 0.25) is 5.78 Å². The van der Waals surface area contributed by atoms with Crippen LogP contribution in [0.25, 0.3) is 0 Å². The van der Waals surface area contributed by atoms with Gasteiger partial charge in [-0.3, -0.25) is 4.79 Å². The van der Waals surface area contributed by atoms with Crippen LogP contribution >= 0.6 is 22.9 Å². The highest BCUT2D eigenvalue weighted by Gasteiger charge is 2.22. The fourth-order valence-corrected chi connectivity index (χ4v) is 2.83. The molecule has 0 radical (unpaired) electrons. The molecular weight excluding hydrogens is 278 g/mol. The Morgan fingerprint density at radius 3 is 2.89 bits per heavy atom. The molecule has 0 amide bonds. The van der Waals surface area contributed by atoms with Gasteiger partial charge < -0.3 is 5.32 Å². The third-order valence-electron chi connectivity index (χ3n) is 3.25. The van der Waals surface area contributed by atoms with Gasteiger partial charge in [0, 0.05) is 22.8 Å². The van der Waals surface area contributed by atoms with Crippen LogP contribution in [0.5, 0.6) is 0 Å². The summed E-state index contributed by atoms with van der Waals surface area (Å²) < 4.78 is 0. The Kier molecular flexibility index (Phi) is 3.58. The summed E-state index contributed by atoms with van der Waals surface area (Å²) in [5, 5.41) is 5.88. The smallest absolute Gasteiger partial charge is 0.205 e. The van der Waals surface area contributed by atoms with Crippen LogP contribution in [0.3, 0.4) is 0 Å². The van der Waals surface area contributed by atoms with Crippen molar-refractivity contribution in [2.45, 2.75) is 12.8 Å². The van der Waals surface area contributed by atoms with Crippen LogP contribution in [0.2, 0.25) is 5.02 Å². The molecular formula is C15H14ClNOS. The first kappa shape index (κ1) is 12.7. The van der Waals surface area contributed by atoms with Gasteiger partial charge in [-0.25, -0.2) is 0 Å². The standard InChI is InChI=1S/C15H14ClNOS/c16-11-5-6-13(17-9-10-3-4-10)12(8-11)15(18)14-2-1-7-19-14/h1-2,5-8,10,17H,3-4,9H2. The Bertz CT molecular complexity index is 590. The lowest BCUT2D eigenvalue weighted by atomic mass is 10.1. The molecule has 1 aliphatic carbocycles. The quantitative estimate of drug-likeness (QED) is 0.824. The predicted molar refractivity (Wildman–Crippen MR) is 80.4 cm³/mol. The molecule has 0 saturated heterocycles. The summed E-state index contributed by atoms with van der Waals surface area (Å²) in [6.07, 6.45) is 2.57. The van der Waals surface area contributed by atoms with Gasteiger partial charge in [0.15, 0.2) is 0 Å². The third kappa shape index (κ3) is 2.99. The van der Waals surface area contributed by atoms with Crippen molar-refractivity contribution in [3.8, 4) is 0 Å². The lowest BCUT2D eigenvalue weighted by molar-refractivity contribution is 0.104. The minimum atomic E-state index is 0.0378. The van der Waals surface area contributed by atoms with Crippen LogP contribution < -0.4 is 5.32 Å². The minimum absolute atomic E-state index is 0.0378. The second-order valence-electron chi connectivity index (χ2n) is 4.82. The Balaban J connectivity index is 1.88. The zero-order valence-corrected chi connectivity index (χ0v) is 11.9. The number of thiophene rings is 1. The van der Waals surface area contributed by atoms with E-state index in [1.807, 2.05) is 29.6 Å². The van der Waals surface area contributed by atoms with E-state index in [-0.39, 0.29) is 5.78 Å². The maximum atomic E-state index is 12.5. The second kappa shape index (κ2) is 5.35. The molecule has 0 bridgehead atoms. The number of carbonyl (C=O) groups is 1. The fraction of sp³-hybridized carbons (Fsp3) is 0.267. The van der Waals surface area contributed by atoms with E-state index in [0.717, 1.165) is 23.0 Å². The van der Waals surface area contributed by atoms with E-state index >= 15 is 0 Å². The van der Waals surface area contributed by atoms with Crippen LogP contribution in [0.4, 0.5) is 5.69 Å². The van der Waals surface area contributed by atoms with E-state index in [1.54, 1.807) is 6.07 Å². The van der Waals surface area contributed by atoms with E-state index in [1.165, 1.54) is 24.2 Å². The summed E-state index contributed by atoms with van der Waals surface area (Å²) in [4.78, 5) is 13.2. The Hall–Kier alpha value is -1.32. The van der Waals surface area contributed by atoms with Gasteiger partial charge in [-0.15, -0.1) is 11.3 Å². The van der Waals surface area contributed by atoms with Crippen molar-refractivity contribution in [1.29, 1.82) is 0 Å². The zero-order valence-electron chi connectivity index (χ0n) is 10.4. The Morgan fingerprint density at radius 1 is 1.37 bits per heavy atom. The van der Waals surface area contributed by atoms with Gasteiger partial charge >= 0.3 is 0 Å². The monoisotopic (exact) mass is 291 g/mol. The molecule has 1 aromatic carbocycles. The SMILES string of the molecule is O=C(c1cccs1)c1cc(Cl)ccc1NCC1CC1. The number of halogens is 1. The lowest BCUT2D eigenvalue weighted by Gasteiger charge is -2.11. The molecule has 98 valence electrons. The van der Waals surface area contributed by atoms with Crippen molar-refractivity contribution in [2.75, 3.05) is 11.9 Å². The van der Waals surface area contributed by atoms with Crippen LogP contribution in [0.15, 0.2) is 35.7 Å². The largest absolute Gasteiger partial charge is 0.384 e. The molecule has 19 heavy (non-hydrogen) atoms. The first-order valence-corrected chi connectivity index (χ1v) is 7.61. The van der Waals surface area contributed by atoms with Crippen molar-refractivity contribution in [1.82, 2.24) is 0 Å². The van der Waals surface area contributed by atoms with Crippen molar-refractivity contribution >= 4 is 34.4 Å². The van der Waals surface area contributed by atoms with Crippen molar-refractivity contribution < 1.29 is 4.79 Å². The lowest BCUT2D eigenvalue weighted by Crippen LogP contribution is -2.09. The molecule has 2 nitrogen and oxygen atoms in total. The molecule has 1 saturated carbocycles. The summed E-state index contributed by atoms with van der Waals surface area (Å²) in [6, 6.07) is 9.20. The third-order valence-corrected chi connectivity index (χ3v) is 4.35. The number of hydrogen-bond donors (Lipinski definition) is 1. The molecule has 1 aromatic heterocycles. The molecule has 1 aliphatic rings. The predicted octanol–water partition coefficient (Wildman–Crippen LogP) is 4.45. The van der Waals surface area contributed by atoms with Gasteiger partial charge in [-0.2, -0.15) is 0 Å². The molecule has 4 heteroatoms. The number of benzene rings is 1. The summed E-state index contributed by atoms with van der Waals surface area (Å²) in [5.41, 5.74) is 1.55. The first-order valence-electron chi connectivity index (χ1n) is 6.35. The molecule has 1 heterocycles. The number of rotatable bonds is 5. The van der Waals surface area contributed by atoms with E-state index in [0.29, 0.717) is 10.6 Å². The average Bonchev–Trinajstić information content (AvgIpc) is 3.08. The second-order valence-corrected chi connectivity index (χ2v) is 6.20. The van der Waals surface area contributed by atoms with E-state index in [9.17, 15) is 4.79 Å². The number of anilines is 1. The first-order chi connectivity index (χ1) is 9.24. The van der Waals surface area contributed by atoms with Gasteiger partial charge in [-0.05, 0) is 48.4 Å². The van der Waals surface area contributed by atoms with E-state index in [2.05, 4.69) is 5.32 Å². The van der Waals surface area contributed by atoms with Gasteiger partial charge in [0.25, 0.3) is 0 Å². The summed E-state index contributed by atoms with van der Waals surface area (Å²) in [5.74, 6) is 0.802. The summed E-state index contributed by atoms with van der Waals surface area (Å²) >= 11 is 7.48. The van der Waals surface area contributed by atoms with E-state index < -0.39 is 0 Å². The van der Waals surface area contributed by atoms with Crippen molar-refractivity contribution in [3.63, 3.8) is 0 Å².